The Morgan fingerprint density at radius 3 is 2.13 bits per heavy atom. The molecule has 31 heavy (non-hydrogen) atoms. The number of amides is 1. The van der Waals surface area contributed by atoms with Crippen LogP contribution in [0.4, 0.5) is 0 Å². The Hall–Kier alpha value is -2.46. The monoisotopic (exact) mass is 448 g/mol. The third-order valence-electron chi connectivity index (χ3n) is 5.70. The van der Waals surface area contributed by atoms with Crippen molar-refractivity contribution in [2.24, 2.45) is 0 Å². The number of sulfone groups is 1. The van der Waals surface area contributed by atoms with E-state index in [0.717, 1.165) is 5.56 Å². The smallest absolute Gasteiger partial charge is 0.265 e. The van der Waals surface area contributed by atoms with Gasteiger partial charge in [0.1, 0.15) is 11.5 Å². The van der Waals surface area contributed by atoms with Crippen molar-refractivity contribution in [2.45, 2.75) is 29.4 Å². The second kappa shape index (κ2) is 9.78. The zero-order valence-electron chi connectivity index (χ0n) is 17.7. The molecule has 2 N–H and O–H groups in total. The lowest BCUT2D eigenvalue weighted by atomic mass is 9.95. The standard InChI is InChI=1S/C22H28N2O6S/c1-17-3-5-18(6-4-17)30-19-7-9-20(10-8-19)31(27,28)22(21(25)23-26)11-13-24(14-12-22)15-16-29-2/h3-10,26H,11-16H2,1-2H3,(H,23,25). The molecular formula is C22H28N2O6S. The van der Waals surface area contributed by atoms with Crippen LogP contribution >= 0.6 is 0 Å². The number of methoxy groups -OCH3 is 1. The van der Waals surface area contributed by atoms with E-state index < -0.39 is 20.5 Å². The first kappa shape index (κ1) is 23.2. The SMILES string of the molecule is COCCN1CCC(C(=O)NO)(S(=O)(=O)c2ccc(Oc3ccc(C)cc3)cc2)CC1. The minimum Gasteiger partial charge on any atom is -0.457 e. The Kier molecular flexibility index (Phi) is 7.32. The number of carbonyl (C=O) groups is 1. The molecule has 2 aromatic carbocycles. The van der Waals surface area contributed by atoms with Gasteiger partial charge in [-0.1, -0.05) is 17.7 Å². The van der Waals surface area contributed by atoms with E-state index in [4.69, 9.17) is 9.47 Å². The van der Waals surface area contributed by atoms with Crippen LogP contribution in [0.25, 0.3) is 0 Å². The Morgan fingerprint density at radius 2 is 1.61 bits per heavy atom. The number of aryl methyl sites for hydroxylation is 1. The van der Waals surface area contributed by atoms with E-state index >= 15 is 0 Å². The quantitative estimate of drug-likeness (QED) is 0.472. The van der Waals surface area contributed by atoms with Crippen LogP contribution < -0.4 is 10.2 Å². The summed E-state index contributed by atoms with van der Waals surface area (Å²) in [6, 6.07) is 13.5. The van der Waals surface area contributed by atoms with Crippen LogP contribution in [0.1, 0.15) is 18.4 Å². The minimum absolute atomic E-state index is 0.0118. The average Bonchev–Trinajstić information content (AvgIpc) is 2.79. The number of hydrogen-bond acceptors (Lipinski definition) is 7. The van der Waals surface area contributed by atoms with E-state index in [9.17, 15) is 18.4 Å². The predicted molar refractivity (Wildman–Crippen MR) is 115 cm³/mol. The molecule has 0 aliphatic carbocycles. The van der Waals surface area contributed by atoms with Crippen molar-refractivity contribution in [2.75, 3.05) is 33.4 Å². The van der Waals surface area contributed by atoms with Gasteiger partial charge >= 0.3 is 0 Å². The van der Waals surface area contributed by atoms with E-state index in [1.165, 1.54) is 12.1 Å². The summed E-state index contributed by atoms with van der Waals surface area (Å²) < 4.78 is 36.1. The van der Waals surface area contributed by atoms with Gasteiger partial charge in [0.25, 0.3) is 5.91 Å². The van der Waals surface area contributed by atoms with Gasteiger partial charge in [-0.25, -0.2) is 13.9 Å². The van der Waals surface area contributed by atoms with Crippen molar-refractivity contribution in [3.05, 3.63) is 54.1 Å². The highest BCUT2D eigenvalue weighted by Gasteiger charge is 2.52. The molecule has 8 nitrogen and oxygen atoms in total. The fraction of sp³-hybridized carbons (Fsp3) is 0.409. The Bertz CT molecular complexity index is 982. The highest BCUT2D eigenvalue weighted by atomic mass is 32.2. The molecule has 1 aliphatic heterocycles. The summed E-state index contributed by atoms with van der Waals surface area (Å²) in [5.41, 5.74) is 2.68. The third-order valence-corrected chi connectivity index (χ3v) is 8.21. The second-order valence-corrected chi connectivity index (χ2v) is 9.92. The Morgan fingerprint density at radius 1 is 1.06 bits per heavy atom. The zero-order chi connectivity index (χ0) is 22.5. The molecule has 0 saturated carbocycles. The minimum atomic E-state index is -4.06. The second-order valence-electron chi connectivity index (χ2n) is 7.66. The number of likely N-dealkylation sites (tertiary alicyclic amines) is 1. The lowest BCUT2D eigenvalue weighted by molar-refractivity contribution is -0.133. The maximum absolute atomic E-state index is 13.5. The highest BCUT2D eigenvalue weighted by molar-refractivity contribution is 7.93. The summed E-state index contributed by atoms with van der Waals surface area (Å²) in [7, 11) is -2.46. The molecule has 0 bridgehead atoms. The van der Waals surface area contributed by atoms with Crippen LogP contribution in [-0.4, -0.2) is 62.5 Å². The van der Waals surface area contributed by atoms with Crippen LogP contribution in [0.15, 0.2) is 53.4 Å². The summed E-state index contributed by atoms with van der Waals surface area (Å²) >= 11 is 0. The molecule has 1 saturated heterocycles. The van der Waals surface area contributed by atoms with E-state index in [0.29, 0.717) is 37.7 Å². The van der Waals surface area contributed by atoms with Gasteiger partial charge in [0.15, 0.2) is 14.6 Å². The van der Waals surface area contributed by atoms with Crippen LogP contribution in [-0.2, 0) is 19.4 Å². The van der Waals surface area contributed by atoms with Crippen molar-refractivity contribution in [3.63, 3.8) is 0 Å². The molecule has 1 fully saturated rings. The number of ether oxygens (including phenoxy) is 2. The number of nitrogens with one attached hydrogen (secondary N) is 1. The van der Waals surface area contributed by atoms with Gasteiger partial charge in [-0.15, -0.1) is 0 Å². The number of benzene rings is 2. The summed E-state index contributed by atoms with van der Waals surface area (Å²) in [6.45, 7) is 3.96. The summed E-state index contributed by atoms with van der Waals surface area (Å²) in [4.78, 5) is 14.6. The molecule has 9 heteroatoms. The number of piperidine rings is 1. The predicted octanol–water partition coefficient (Wildman–Crippen LogP) is 2.55. The number of rotatable bonds is 8. The van der Waals surface area contributed by atoms with Gasteiger partial charge in [0, 0.05) is 26.7 Å². The van der Waals surface area contributed by atoms with Gasteiger partial charge in [-0.2, -0.15) is 0 Å². The molecule has 3 rings (SSSR count). The van der Waals surface area contributed by atoms with E-state index in [-0.39, 0.29) is 17.7 Å². The topological polar surface area (TPSA) is 105 Å². The maximum atomic E-state index is 13.5. The summed E-state index contributed by atoms with van der Waals surface area (Å²) in [5.74, 6) is 0.220. The molecule has 0 unspecified atom stereocenters. The summed E-state index contributed by atoms with van der Waals surface area (Å²) in [6.07, 6.45) is 0.153. The highest BCUT2D eigenvalue weighted by Crippen LogP contribution is 2.36. The normalized spacial score (nSPS) is 16.6. The van der Waals surface area contributed by atoms with Crippen molar-refractivity contribution in [1.82, 2.24) is 10.4 Å². The molecular weight excluding hydrogens is 420 g/mol. The molecule has 2 aromatic rings. The zero-order valence-corrected chi connectivity index (χ0v) is 18.5. The molecule has 0 spiro atoms. The number of nitrogens with zero attached hydrogens (tertiary/aromatic N) is 1. The number of hydroxylamine groups is 1. The molecule has 1 aliphatic rings. The van der Waals surface area contributed by atoms with Crippen LogP contribution in [0, 0.1) is 6.92 Å². The maximum Gasteiger partial charge on any atom is 0.265 e. The molecule has 1 heterocycles. The summed E-state index contributed by atoms with van der Waals surface area (Å²) in [5, 5.41) is 9.28. The first-order valence-electron chi connectivity index (χ1n) is 10.1. The third kappa shape index (κ3) is 4.90. The molecule has 0 radical (unpaired) electrons. The average molecular weight is 449 g/mol. The van der Waals surface area contributed by atoms with Crippen LogP contribution in [0.5, 0.6) is 11.5 Å². The lowest BCUT2D eigenvalue weighted by Gasteiger charge is -2.39. The van der Waals surface area contributed by atoms with E-state index in [1.54, 1.807) is 24.7 Å². The van der Waals surface area contributed by atoms with Gasteiger partial charge in [-0.3, -0.25) is 10.0 Å². The van der Waals surface area contributed by atoms with Gasteiger partial charge in [0.05, 0.1) is 11.5 Å². The van der Waals surface area contributed by atoms with Crippen molar-refractivity contribution in [3.8, 4) is 11.5 Å². The fourth-order valence-electron chi connectivity index (χ4n) is 3.73. The van der Waals surface area contributed by atoms with Crippen molar-refractivity contribution in [1.29, 1.82) is 0 Å². The van der Waals surface area contributed by atoms with Gasteiger partial charge in [0.2, 0.25) is 0 Å². The van der Waals surface area contributed by atoms with Gasteiger partial charge < -0.3 is 14.4 Å². The molecule has 0 atom stereocenters. The van der Waals surface area contributed by atoms with Crippen LogP contribution in [0.2, 0.25) is 0 Å². The first-order chi connectivity index (χ1) is 14.8. The first-order valence-corrected chi connectivity index (χ1v) is 11.6. The number of carbonyl (C=O) groups excluding carboxylic acids is 1. The largest absolute Gasteiger partial charge is 0.457 e. The molecule has 1 amide bonds. The van der Waals surface area contributed by atoms with Crippen molar-refractivity contribution >= 4 is 15.7 Å². The molecule has 168 valence electrons. The van der Waals surface area contributed by atoms with E-state index in [1.807, 2.05) is 36.1 Å². The van der Waals surface area contributed by atoms with Crippen molar-refractivity contribution < 1.29 is 27.9 Å². The van der Waals surface area contributed by atoms with Crippen LogP contribution in [0.3, 0.4) is 0 Å². The Labute approximate surface area is 182 Å². The Balaban J connectivity index is 1.81. The lowest BCUT2D eigenvalue weighted by Crippen LogP contribution is -2.57. The van der Waals surface area contributed by atoms with E-state index in [2.05, 4.69) is 0 Å². The number of hydrogen-bond donors (Lipinski definition) is 2. The van der Waals surface area contributed by atoms with Gasteiger partial charge in [-0.05, 0) is 56.2 Å². The fourth-order valence-corrected chi connectivity index (χ4v) is 5.69. The molecule has 0 aromatic heterocycles.